The molecular weight excluding hydrogens is 396 g/mol. The van der Waals surface area contributed by atoms with Crippen molar-refractivity contribution >= 4 is 24.1 Å². The molecule has 0 saturated heterocycles. The number of hydrogen-bond acceptors (Lipinski definition) is 8. The number of benzene rings is 1. The molecule has 30 heavy (non-hydrogen) atoms. The van der Waals surface area contributed by atoms with Crippen molar-refractivity contribution in [3.63, 3.8) is 0 Å². The number of likely N-dealkylation sites (N-methyl/N-ethyl adjacent to an activating group) is 2. The Labute approximate surface area is 175 Å². The van der Waals surface area contributed by atoms with Gasteiger partial charge in [-0.15, -0.1) is 0 Å². The van der Waals surface area contributed by atoms with Crippen LogP contribution < -0.4 is 14.2 Å². The quantitative estimate of drug-likeness (QED) is 0.506. The molecule has 0 aliphatic rings. The summed E-state index contributed by atoms with van der Waals surface area (Å²) in [5.41, 5.74) is -0.617. The maximum Gasteiger partial charge on any atom is 0.415 e. The molecule has 0 aliphatic carbocycles. The van der Waals surface area contributed by atoms with Crippen molar-refractivity contribution in [1.82, 2.24) is 9.80 Å². The smallest absolute Gasteiger partial charge is 0.415 e. The standard InChI is InChI=1S/C20H28N2O8/c1-13(23)27-16-9-8-15(12-17(16)28-14(2)24)29-18(25)21(6)10-11-22(7)19(26)30-20(3,4)5/h8-9,12H,10-11H2,1-7H3. The molecule has 10 heteroatoms. The van der Waals surface area contributed by atoms with E-state index in [9.17, 15) is 19.2 Å². The van der Waals surface area contributed by atoms with Gasteiger partial charge in [0.2, 0.25) is 0 Å². The van der Waals surface area contributed by atoms with E-state index in [2.05, 4.69) is 0 Å². The Morgan fingerprint density at radius 2 is 1.30 bits per heavy atom. The lowest BCUT2D eigenvalue weighted by molar-refractivity contribution is -0.134. The molecule has 0 saturated carbocycles. The summed E-state index contributed by atoms with van der Waals surface area (Å²) in [5, 5.41) is 0. The largest absolute Gasteiger partial charge is 0.444 e. The minimum Gasteiger partial charge on any atom is -0.444 e. The lowest BCUT2D eigenvalue weighted by atomic mass is 10.2. The number of hydrogen-bond donors (Lipinski definition) is 0. The average Bonchev–Trinajstić information content (AvgIpc) is 2.59. The van der Waals surface area contributed by atoms with Gasteiger partial charge in [0.25, 0.3) is 0 Å². The molecule has 0 aliphatic heterocycles. The van der Waals surface area contributed by atoms with Gasteiger partial charge in [-0.05, 0) is 32.9 Å². The van der Waals surface area contributed by atoms with Gasteiger partial charge in [-0.25, -0.2) is 9.59 Å². The van der Waals surface area contributed by atoms with Crippen molar-refractivity contribution in [3.8, 4) is 17.2 Å². The van der Waals surface area contributed by atoms with Gasteiger partial charge in [0.15, 0.2) is 11.5 Å². The first-order chi connectivity index (χ1) is 13.8. The third-order valence-corrected chi connectivity index (χ3v) is 3.42. The molecule has 0 aromatic heterocycles. The molecule has 0 radical (unpaired) electrons. The van der Waals surface area contributed by atoms with E-state index in [0.29, 0.717) is 0 Å². The molecule has 0 heterocycles. The number of ether oxygens (including phenoxy) is 4. The Morgan fingerprint density at radius 3 is 1.80 bits per heavy atom. The first kappa shape index (κ1) is 24.7. The summed E-state index contributed by atoms with van der Waals surface area (Å²) in [6.07, 6.45) is -1.20. The average molecular weight is 424 g/mol. The molecule has 1 aromatic carbocycles. The number of carbonyl (C=O) groups excluding carboxylic acids is 4. The van der Waals surface area contributed by atoms with Crippen molar-refractivity contribution < 1.29 is 38.1 Å². The van der Waals surface area contributed by atoms with Gasteiger partial charge in [-0.3, -0.25) is 9.59 Å². The van der Waals surface area contributed by atoms with E-state index in [1.54, 1.807) is 27.8 Å². The second-order valence-corrected chi connectivity index (χ2v) is 7.49. The Morgan fingerprint density at radius 1 is 0.800 bits per heavy atom. The number of esters is 2. The van der Waals surface area contributed by atoms with Crippen LogP contribution in [0.5, 0.6) is 17.2 Å². The minimum absolute atomic E-state index is 0.0184. The molecule has 166 valence electrons. The lowest BCUT2D eigenvalue weighted by Gasteiger charge is -2.26. The summed E-state index contributed by atoms with van der Waals surface area (Å²) >= 11 is 0. The van der Waals surface area contributed by atoms with Crippen LogP contribution in [0.25, 0.3) is 0 Å². The molecule has 1 rings (SSSR count). The van der Waals surface area contributed by atoms with Crippen LogP contribution >= 0.6 is 0 Å². The maximum absolute atomic E-state index is 12.3. The highest BCUT2D eigenvalue weighted by atomic mass is 16.6. The second kappa shape index (κ2) is 10.5. The fourth-order valence-corrected chi connectivity index (χ4v) is 2.03. The van der Waals surface area contributed by atoms with Gasteiger partial charge in [0.05, 0.1) is 0 Å². The van der Waals surface area contributed by atoms with Gasteiger partial charge >= 0.3 is 24.1 Å². The molecule has 0 unspecified atom stereocenters. The van der Waals surface area contributed by atoms with Crippen molar-refractivity contribution in [2.24, 2.45) is 0 Å². The van der Waals surface area contributed by atoms with Crippen molar-refractivity contribution in [3.05, 3.63) is 18.2 Å². The van der Waals surface area contributed by atoms with Crippen LogP contribution in [0.2, 0.25) is 0 Å². The van der Waals surface area contributed by atoms with E-state index in [1.165, 1.54) is 48.9 Å². The first-order valence-electron chi connectivity index (χ1n) is 9.16. The number of nitrogens with zero attached hydrogens (tertiary/aromatic N) is 2. The van der Waals surface area contributed by atoms with Crippen molar-refractivity contribution in [2.45, 2.75) is 40.2 Å². The first-order valence-corrected chi connectivity index (χ1v) is 9.16. The SMILES string of the molecule is CC(=O)Oc1ccc(OC(=O)N(C)CCN(C)C(=O)OC(C)(C)C)cc1OC(C)=O. The third-order valence-electron chi connectivity index (χ3n) is 3.42. The topological polar surface area (TPSA) is 112 Å². The van der Waals surface area contributed by atoms with E-state index in [4.69, 9.17) is 18.9 Å². The Hall–Kier alpha value is -3.30. The molecule has 0 spiro atoms. The van der Waals surface area contributed by atoms with Crippen LogP contribution in [-0.4, -0.2) is 66.7 Å². The predicted molar refractivity (Wildman–Crippen MR) is 107 cm³/mol. The second-order valence-electron chi connectivity index (χ2n) is 7.49. The minimum atomic E-state index is -0.693. The predicted octanol–water partition coefficient (Wildman–Crippen LogP) is 2.83. The monoisotopic (exact) mass is 424 g/mol. The molecule has 0 atom stereocenters. The summed E-state index contributed by atoms with van der Waals surface area (Å²) in [5.74, 6) is -1.18. The molecule has 10 nitrogen and oxygen atoms in total. The summed E-state index contributed by atoms with van der Waals surface area (Å²) in [6, 6.07) is 4.00. The summed E-state index contributed by atoms with van der Waals surface area (Å²) in [7, 11) is 3.07. The van der Waals surface area contributed by atoms with Gasteiger partial charge in [0, 0.05) is 47.1 Å². The summed E-state index contributed by atoms with van der Waals surface area (Å²) < 4.78 is 20.5. The summed E-state index contributed by atoms with van der Waals surface area (Å²) in [6.45, 7) is 8.10. The van der Waals surface area contributed by atoms with Crippen molar-refractivity contribution in [2.75, 3.05) is 27.2 Å². The van der Waals surface area contributed by atoms with Gasteiger partial charge in [-0.2, -0.15) is 0 Å². The highest BCUT2D eigenvalue weighted by molar-refractivity contribution is 5.75. The zero-order valence-corrected chi connectivity index (χ0v) is 18.3. The number of carbonyl (C=O) groups is 4. The molecule has 1 aromatic rings. The van der Waals surface area contributed by atoms with E-state index >= 15 is 0 Å². The highest BCUT2D eigenvalue weighted by Gasteiger charge is 2.21. The van der Waals surface area contributed by atoms with Crippen LogP contribution in [0.4, 0.5) is 9.59 Å². The molecular formula is C20H28N2O8. The number of rotatable bonds is 6. The van der Waals surface area contributed by atoms with Crippen LogP contribution in [0, 0.1) is 0 Å². The maximum atomic E-state index is 12.3. The fraction of sp³-hybridized carbons (Fsp3) is 0.500. The van der Waals surface area contributed by atoms with Crippen LogP contribution in [0.15, 0.2) is 18.2 Å². The lowest BCUT2D eigenvalue weighted by Crippen LogP contribution is -2.40. The zero-order valence-electron chi connectivity index (χ0n) is 18.3. The normalized spacial score (nSPS) is 10.6. The van der Waals surface area contributed by atoms with Crippen LogP contribution in [0.1, 0.15) is 34.6 Å². The van der Waals surface area contributed by atoms with Crippen LogP contribution in [-0.2, 0) is 14.3 Å². The molecule has 0 fully saturated rings. The third kappa shape index (κ3) is 8.80. The van der Waals surface area contributed by atoms with Crippen LogP contribution in [0.3, 0.4) is 0 Å². The van der Waals surface area contributed by atoms with Gasteiger partial charge in [-0.1, -0.05) is 0 Å². The summed E-state index contributed by atoms with van der Waals surface area (Å²) in [4.78, 5) is 49.3. The zero-order chi connectivity index (χ0) is 23.1. The van der Waals surface area contributed by atoms with Gasteiger partial charge in [0.1, 0.15) is 11.4 Å². The molecule has 0 bridgehead atoms. The Bertz CT molecular complexity index is 800. The van der Waals surface area contributed by atoms with E-state index in [-0.39, 0.29) is 30.3 Å². The Kier molecular flexibility index (Phi) is 8.63. The molecule has 0 N–H and O–H groups in total. The van der Waals surface area contributed by atoms with E-state index < -0.39 is 29.7 Å². The molecule has 2 amide bonds. The highest BCUT2D eigenvalue weighted by Crippen LogP contribution is 2.32. The Balaban J connectivity index is 2.73. The van der Waals surface area contributed by atoms with E-state index in [0.717, 1.165) is 0 Å². The van der Waals surface area contributed by atoms with Crippen molar-refractivity contribution in [1.29, 1.82) is 0 Å². The fourth-order valence-electron chi connectivity index (χ4n) is 2.03. The van der Waals surface area contributed by atoms with E-state index in [1.807, 2.05) is 0 Å². The van der Waals surface area contributed by atoms with Gasteiger partial charge < -0.3 is 28.7 Å². The number of amides is 2.